The summed E-state index contributed by atoms with van der Waals surface area (Å²) in [4.78, 5) is 52.0. The number of rotatable bonds is 11. The Morgan fingerprint density at radius 2 is 1.68 bits per heavy atom. The van der Waals surface area contributed by atoms with Gasteiger partial charge < -0.3 is 40.2 Å². The number of piperidine rings is 1. The Morgan fingerprint density at radius 1 is 1.07 bits per heavy atom. The molecule has 0 radical (unpaired) electrons. The summed E-state index contributed by atoms with van der Waals surface area (Å²) in [5.74, 6) is -1.65. The third-order valence-electron chi connectivity index (χ3n) is 9.11. The van der Waals surface area contributed by atoms with E-state index in [0.29, 0.717) is 24.3 Å². The molecule has 1 aromatic carbocycles. The van der Waals surface area contributed by atoms with Crippen molar-refractivity contribution in [1.29, 1.82) is 0 Å². The number of ether oxygens (including phenoxy) is 3. The summed E-state index contributed by atoms with van der Waals surface area (Å²) >= 11 is 0. The van der Waals surface area contributed by atoms with Gasteiger partial charge in [0.15, 0.2) is 6.10 Å². The minimum Gasteiger partial charge on any atom is -0.481 e. The maximum Gasteiger partial charge on any atom is 0.312 e. The van der Waals surface area contributed by atoms with Crippen LogP contribution in [0.3, 0.4) is 0 Å². The lowest BCUT2D eigenvalue weighted by Gasteiger charge is -2.59. The Kier molecular flexibility index (Phi) is 10.0. The molecule has 2 amide bonds. The van der Waals surface area contributed by atoms with Crippen molar-refractivity contribution in [3.05, 3.63) is 40.7 Å². The van der Waals surface area contributed by atoms with Crippen molar-refractivity contribution in [3.8, 4) is 5.75 Å². The van der Waals surface area contributed by atoms with Crippen molar-refractivity contribution in [1.82, 2.24) is 15.5 Å². The summed E-state index contributed by atoms with van der Waals surface area (Å²) in [6.45, 7) is 6.82. The lowest BCUT2D eigenvalue weighted by atomic mass is 9.53. The summed E-state index contributed by atoms with van der Waals surface area (Å²) in [6.07, 6.45) is -1.21. The molecule has 3 aliphatic rings. The number of nitrogens with one attached hydrogen (secondary N) is 2. The Bertz CT molecular complexity index is 1330. The van der Waals surface area contributed by atoms with E-state index in [1.807, 2.05) is 27.0 Å². The van der Waals surface area contributed by atoms with E-state index >= 15 is 0 Å². The second kappa shape index (κ2) is 13.2. The second-order valence-electron chi connectivity index (χ2n) is 11.9. The molecule has 242 valence electrons. The first-order valence-electron chi connectivity index (χ1n) is 14.9. The van der Waals surface area contributed by atoms with Crippen LogP contribution in [-0.4, -0.2) is 101 Å². The molecule has 1 aromatic rings. The van der Waals surface area contributed by atoms with Crippen LogP contribution in [0.5, 0.6) is 5.75 Å². The summed E-state index contributed by atoms with van der Waals surface area (Å²) in [6, 6.07) is 3.35. The van der Waals surface area contributed by atoms with Crippen LogP contribution in [0.25, 0.3) is 0 Å². The zero-order valence-electron chi connectivity index (χ0n) is 25.8. The van der Waals surface area contributed by atoms with Gasteiger partial charge in [0.1, 0.15) is 29.3 Å². The number of amides is 2. The fourth-order valence-corrected chi connectivity index (χ4v) is 6.70. The molecule has 0 saturated carbocycles. The van der Waals surface area contributed by atoms with Crippen LogP contribution in [0, 0.1) is 6.92 Å². The van der Waals surface area contributed by atoms with E-state index in [-0.39, 0.29) is 50.8 Å². The van der Waals surface area contributed by atoms with Crippen LogP contribution in [0.15, 0.2) is 24.0 Å². The van der Waals surface area contributed by atoms with Crippen LogP contribution >= 0.6 is 0 Å². The number of aliphatic hydroxyl groups excluding tert-OH is 3. The Morgan fingerprint density at radius 3 is 2.27 bits per heavy atom. The molecule has 0 aromatic heterocycles. The summed E-state index contributed by atoms with van der Waals surface area (Å²) in [7, 11) is 1.94. The largest absolute Gasteiger partial charge is 0.481 e. The van der Waals surface area contributed by atoms with Crippen LogP contribution in [0.2, 0.25) is 0 Å². The van der Waals surface area contributed by atoms with Crippen molar-refractivity contribution in [3.63, 3.8) is 0 Å². The molecule has 13 nitrogen and oxygen atoms in total. The normalized spacial score (nSPS) is 27.0. The molecule has 1 spiro atoms. The van der Waals surface area contributed by atoms with Gasteiger partial charge in [-0.3, -0.25) is 24.1 Å². The van der Waals surface area contributed by atoms with Gasteiger partial charge in [0.05, 0.1) is 24.9 Å². The molecular formula is C31H43N3O10. The average molecular weight is 618 g/mol. The van der Waals surface area contributed by atoms with E-state index in [2.05, 4.69) is 15.5 Å². The van der Waals surface area contributed by atoms with Gasteiger partial charge in [-0.15, -0.1) is 0 Å². The lowest BCUT2D eigenvalue weighted by Crippen LogP contribution is -2.73. The van der Waals surface area contributed by atoms with Gasteiger partial charge in [-0.25, -0.2) is 0 Å². The molecule has 6 atom stereocenters. The molecule has 0 unspecified atom stereocenters. The molecule has 1 saturated heterocycles. The number of fused-ring (bicyclic) bond motifs is 1. The van der Waals surface area contributed by atoms with Gasteiger partial charge in [-0.2, -0.15) is 0 Å². The number of benzene rings is 1. The predicted octanol–water partition coefficient (Wildman–Crippen LogP) is 0.0971. The standard InChI is InChI=1S/C31H43N3O10/c1-17-6-7-21(16-35)26-25(17)30-12-15-34(5)20(4)31(30,44-24(39)10-14-33-29(41)19(3)37)11-8-22(27(30)43-26)42-23(38)9-13-32-28(40)18(2)36/h6-8,18-20,27,35-37H,9-16H2,1-5H3,(H,32,40)(H,33,41)/t18-,19-,20+,27-,30-,31+/m0/s1. The van der Waals surface area contributed by atoms with Crippen molar-refractivity contribution < 1.29 is 48.7 Å². The molecule has 0 bridgehead atoms. The molecular weight excluding hydrogens is 574 g/mol. The number of likely N-dealkylation sites (N-methyl/N-ethyl adjacent to an activating group) is 1. The Balaban J connectivity index is 1.72. The lowest BCUT2D eigenvalue weighted by molar-refractivity contribution is -0.201. The number of nitrogens with zero attached hydrogens (tertiary/aromatic N) is 1. The van der Waals surface area contributed by atoms with Crippen LogP contribution < -0.4 is 15.4 Å². The number of likely N-dealkylation sites (tertiary alicyclic amines) is 1. The first-order chi connectivity index (χ1) is 20.8. The third-order valence-corrected chi connectivity index (χ3v) is 9.11. The van der Waals surface area contributed by atoms with Gasteiger partial charge in [0.2, 0.25) is 11.8 Å². The van der Waals surface area contributed by atoms with Crippen LogP contribution in [0.1, 0.15) is 63.1 Å². The van der Waals surface area contributed by atoms with Gasteiger partial charge in [-0.1, -0.05) is 12.1 Å². The van der Waals surface area contributed by atoms with Crippen molar-refractivity contribution in [2.75, 3.05) is 26.7 Å². The molecule has 1 fully saturated rings. The summed E-state index contributed by atoms with van der Waals surface area (Å²) in [5, 5.41) is 34.1. The first-order valence-corrected chi connectivity index (χ1v) is 14.9. The highest BCUT2D eigenvalue weighted by Crippen LogP contribution is 2.63. The third kappa shape index (κ3) is 5.93. The van der Waals surface area contributed by atoms with E-state index in [9.17, 15) is 34.5 Å². The van der Waals surface area contributed by atoms with Crippen molar-refractivity contribution >= 4 is 23.8 Å². The number of aliphatic hydroxyl groups is 3. The number of carbonyl (C=O) groups is 4. The molecule has 1 aliphatic carbocycles. The van der Waals surface area contributed by atoms with Crippen molar-refractivity contribution in [2.45, 2.75) is 95.4 Å². The predicted molar refractivity (Wildman–Crippen MR) is 156 cm³/mol. The topological polar surface area (TPSA) is 184 Å². The molecule has 44 heavy (non-hydrogen) atoms. The Hall–Kier alpha value is -3.52. The number of esters is 2. The van der Waals surface area contributed by atoms with E-state index in [1.165, 1.54) is 13.8 Å². The SMILES string of the molecule is Cc1ccc(CO)c2c1[C@]13CCN(C)[C@H](C)[C@]1(OC(=O)CCNC(=O)[C@H](C)O)CC=C(OC(=O)CCNC(=O)[C@H](C)O)[C@@H]3O2. The number of aryl methyl sites for hydroxylation is 1. The number of hydrogen-bond donors (Lipinski definition) is 5. The highest BCUT2D eigenvalue weighted by atomic mass is 16.6. The summed E-state index contributed by atoms with van der Waals surface area (Å²) in [5.41, 5.74) is 0.0341. The van der Waals surface area contributed by atoms with E-state index in [0.717, 1.165) is 11.1 Å². The van der Waals surface area contributed by atoms with Gasteiger partial charge >= 0.3 is 11.9 Å². The molecule has 13 heteroatoms. The van der Waals surface area contributed by atoms with Crippen LogP contribution in [-0.2, 0) is 40.7 Å². The van der Waals surface area contributed by atoms with Crippen molar-refractivity contribution in [2.24, 2.45) is 0 Å². The number of hydrogen-bond acceptors (Lipinski definition) is 11. The quantitative estimate of drug-likeness (QED) is 0.212. The highest BCUT2D eigenvalue weighted by molar-refractivity contribution is 5.81. The minimum absolute atomic E-state index is 0.0234. The second-order valence-corrected chi connectivity index (χ2v) is 11.9. The maximum atomic E-state index is 13.5. The first kappa shape index (κ1) is 33.4. The molecule has 4 rings (SSSR count). The van der Waals surface area contributed by atoms with Gasteiger partial charge in [-0.05, 0) is 59.3 Å². The highest BCUT2D eigenvalue weighted by Gasteiger charge is 2.71. The fraction of sp³-hybridized carbons (Fsp3) is 0.613. The zero-order valence-corrected chi connectivity index (χ0v) is 25.8. The molecule has 2 heterocycles. The van der Waals surface area contributed by atoms with Gasteiger partial charge in [0.25, 0.3) is 0 Å². The smallest absolute Gasteiger partial charge is 0.312 e. The maximum absolute atomic E-state index is 13.5. The van der Waals surface area contributed by atoms with E-state index in [4.69, 9.17) is 14.2 Å². The summed E-state index contributed by atoms with van der Waals surface area (Å²) < 4.78 is 18.9. The van der Waals surface area contributed by atoms with E-state index < -0.39 is 53.1 Å². The van der Waals surface area contributed by atoms with E-state index in [1.54, 1.807) is 12.1 Å². The monoisotopic (exact) mass is 617 g/mol. The molecule has 2 aliphatic heterocycles. The number of carbonyl (C=O) groups excluding carboxylic acids is 4. The average Bonchev–Trinajstić information content (AvgIpc) is 3.33. The Labute approximate surface area is 256 Å². The fourth-order valence-electron chi connectivity index (χ4n) is 6.70. The van der Waals surface area contributed by atoms with Crippen LogP contribution in [0.4, 0.5) is 0 Å². The minimum atomic E-state index is -1.21. The zero-order chi connectivity index (χ0) is 32.4. The van der Waals surface area contributed by atoms with Gasteiger partial charge in [0, 0.05) is 36.7 Å². The molecule has 5 N–H and O–H groups in total.